The van der Waals surface area contributed by atoms with Gasteiger partial charge < -0.3 is 14.8 Å². The minimum atomic E-state index is -0.862. The summed E-state index contributed by atoms with van der Waals surface area (Å²) < 4.78 is 37.7. The number of carbonyl (C=O) groups is 2. The maximum Gasteiger partial charge on any atom is 0.357 e. The molecule has 31 heavy (non-hydrogen) atoms. The second-order valence-corrected chi connectivity index (χ2v) is 8.87. The number of amides is 1. The van der Waals surface area contributed by atoms with Crippen molar-refractivity contribution in [2.75, 3.05) is 38.6 Å². The zero-order valence-electron chi connectivity index (χ0n) is 16.9. The van der Waals surface area contributed by atoms with Crippen molar-refractivity contribution in [3.05, 3.63) is 46.5 Å². The Morgan fingerprint density at radius 2 is 2.23 bits per heavy atom. The first-order valence-electron chi connectivity index (χ1n) is 9.74. The summed E-state index contributed by atoms with van der Waals surface area (Å²) in [6.07, 6.45) is -0.191. The standard InChI is InChI=1S/C20H23F2N3O4S2/c1-2-28-19(27)17-11-30-20(24-17)31-12-18(26)23-8-14-10-25(5-6-29-14)9-13-3-4-15(21)16(22)7-13/h3-4,7,11,14H,2,5-6,8-10,12H2,1H3,(H,23,26). The van der Waals surface area contributed by atoms with Crippen molar-refractivity contribution in [1.82, 2.24) is 15.2 Å². The molecule has 0 bridgehead atoms. The van der Waals surface area contributed by atoms with Crippen molar-refractivity contribution in [2.24, 2.45) is 0 Å². The van der Waals surface area contributed by atoms with Crippen LogP contribution in [0.4, 0.5) is 8.78 Å². The molecule has 1 aliphatic rings. The van der Waals surface area contributed by atoms with E-state index in [1.807, 2.05) is 0 Å². The minimum Gasteiger partial charge on any atom is -0.461 e. The number of nitrogens with zero attached hydrogens (tertiary/aromatic N) is 2. The van der Waals surface area contributed by atoms with Crippen LogP contribution < -0.4 is 5.32 Å². The molecule has 3 rings (SSSR count). The average Bonchev–Trinajstić information content (AvgIpc) is 3.23. The van der Waals surface area contributed by atoms with Crippen LogP contribution in [-0.4, -0.2) is 66.5 Å². The maximum absolute atomic E-state index is 13.4. The summed E-state index contributed by atoms with van der Waals surface area (Å²) in [6.45, 7) is 4.57. The van der Waals surface area contributed by atoms with E-state index >= 15 is 0 Å². The van der Waals surface area contributed by atoms with E-state index in [9.17, 15) is 18.4 Å². The van der Waals surface area contributed by atoms with Gasteiger partial charge in [0.25, 0.3) is 0 Å². The van der Waals surface area contributed by atoms with E-state index in [1.165, 1.54) is 29.2 Å². The number of benzene rings is 1. The highest BCUT2D eigenvalue weighted by Crippen LogP contribution is 2.23. The molecule has 11 heteroatoms. The van der Waals surface area contributed by atoms with E-state index < -0.39 is 17.6 Å². The molecule has 1 fully saturated rings. The van der Waals surface area contributed by atoms with Crippen LogP contribution in [0.15, 0.2) is 27.9 Å². The summed E-state index contributed by atoms with van der Waals surface area (Å²) in [5.41, 5.74) is 0.928. The summed E-state index contributed by atoms with van der Waals surface area (Å²) in [5, 5.41) is 4.44. The predicted molar refractivity (Wildman–Crippen MR) is 113 cm³/mol. The van der Waals surface area contributed by atoms with Crippen LogP contribution in [0.3, 0.4) is 0 Å². The van der Waals surface area contributed by atoms with Crippen LogP contribution in [0.2, 0.25) is 0 Å². The van der Waals surface area contributed by atoms with E-state index in [1.54, 1.807) is 18.4 Å². The molecule has 168 valence electrons. The number of halogens is 2. The zero-order chi connectivity index (χ0) is 22.2. The lowest BCUT2D eigenvalue weighted by Gasteiger charge is -2.33. The maximum atomic E-state index is 13.4. The molecular formula is C20H23F2N3O4S2. The highest BCUT2D eigenvalue weighted by atomic mass is 32.2. The van der Waals surface area contributed by atoms with Gasteiger partial charge in [0.05, 0.1) is 25.1 Å². The molecule has 1 saturated heterocycles. The Kier molecular flexibility index (Phi) is 8.76. The van der Waals surface area contributed by atoms with Crippen molar-refractivity contribution in [3.63, 3.8) is 0 Å². The molecule has 0 radical (unpaired) electrons. The van der Waals surface area contributed by atoms with Crippen molar-refractivity contribution in [2.45, 2.75) is 23.9 Å². The summed E-state index contributed by atoms with van der Waals surface area (Å²) in [5.74, 6) is -2.20. The number of aromatic nitrogens is 1. The average molecular weight is 472 g/mol. The van der Waals surface area contributed by atoms with Gasteiger partial charge in [0.1, 0.15) is 0 Å². The Labute approximate surface area is 187 Å². The highest BCUT2D eigenvalue weighted by Gasteiger charge is 2.21. The van der Waals surface area contributed by atoms with Gasteiger partial charge in [-0.15, -0.1) is 11.3 Å². The molecule has 1 aromatic heterocycles. The fourth-order valence-electron chi connectivity index (χ4n) is 2.97. The molecule has 1 unspecified atom stereocenters. The second kappa shape index (κ2) is 11.5. The molecule has 2 aromatic rings. The Hall–Kier alpha value is -2.08. The number of morpholine rings is 1. The fraction of sp³-hybridized carbons (Fsp3) is 0.450. The Morgan fingerprint density at radius 3 is 3.00 bits per heavy atom. The number of thioether (sulfide) groups is 1. The van der Waals surface area contributed by atoms with Gasteiger partial charge in [-0.05, 0) is 24.6 Å². The third kappa shape index (κ3) is 7.23. The van der Waals surface area contributed by atoms with Crippen molar-refractivity contribution in [3.8, 4) is 0 Å². The van der Waals surface area contributed by atoms with Gasteiger partial charge in [-0.25, -0.2) is 18.6 Å². The molecule has 7 nitrogen and oxygen atoms in total. The summed E-state index contributed by atoms with van der Waals surface area (Å²) in [6, 6.07) is 3.89. The molecule has 1 aromatic carbocycles. The molecular weight excluding hydrogens is 448 g/mol. The third-order valence-corrected chi connectivity index (χ3v) is 6.46. The largest absolute Gasteiger partial charge is 0.461 e. The Balaban J connectivity index is 1.39. The molecule has 0 aliphatic carbocycles. The van der Waals surface area contributed by atoms with Crippen molar-refractivity contribution < 1.29 is 27.8 Å². The normalized spacial score (nSPS) is 16.8. The van der Waals surface area contributed by atoms with Gasteiger partial charge in [-0.3, -0.25) is 9.69 Å². The predicted octanol–water partition coefficient (Wildman–Crippen LogP) is 2.71. The summed E-state index contributed by atoms with van der Waals surface area (Å²) in [7, 11) is 0. The van der Waals surface area contributed by atoms with E-state index in [0.29, 0.717) is 42.7 Å². The fourth-order valence-corrected chi connectivity index (χ4v) is 4.60. The minimum absolute atomic E-state index is 0.167. The highest BCUT2D eigenvalue weighted by molar-refractivity contribution is 8.01. The van der Waals surface area contributed by atoms with E-state index in [2.05, 4.69) is 15.2 Å². The zero-order valence-corrected chi connectivity index (χ0v) is 18.6. The third-order valence-electron chi connectivity index (χ3n) is 4.43. The molecule has 0 spiro atoms. The van der Waals surface area contributed by atoms with Crippen LogP contribution in [-0.2, 0) is 20.8 Å². The first-order chi connectivity index (χ1) is 14.9. The first-order valence-corrected chi connectivity index (χ1v) is 11.6. The van der Waals surface area contributed by atoms with Crippen molar-refractivity contribution in [1.29, 1.82) is 0 Å². The molecule has 1 aliphatic heterocycles. The van der Waals surface area contributed by atoms with Crippen LogP contribution >= 0.6 is 23.1 Å². The number of thiazole rings is 1. The molecule has 2 heterocycles. The van der Waals surface area contributed by atoms with Gasteiger partial charge in [-0.2, -0.15) is 0 Å². The summed E-state index contributed by atoms with van der Waals surface area (Å²) >= 11 is 2.53. The second-order valence-electron chi connectivity index (χ2n) is 6.79. The summed E-state index contributed by atoms with van der Waals surface area (Å²) in [4.78, 5) is 30.0. The lowest BCUT2D eigenvalue weighted by Crippen LogP contribution is -2.47. The van der Waals surface area contributed by atoms with Gasteiger partial charge in [0.15, 0.2) is 21.7 Å². The van der Waals surface area contributed by atoms with Gasteiger partial charge >= 0.3 is 5.97 Å². The molecule has 1 amide bonds. The molecule has 0 saturated carbocycles. The van der Waals surface area contributed by atoms with E-state index in [4.69, 9.17) is 9.47 Å². The van der Waals surface area contributed by atoms with Gasteiger partial charge in [0.2, 0.25) is 5.91 Å². The van der Waals surface area contributed by atoms with Gasteiger partial charge in [-0.1, -0.05) is 17.8 Å². The number of nitrogens with one attached hydrogen (secondary N) is 1. The number of carbonyl (C=O) groups excluding carboxylic acids is 2. The smallest absolute Gasteiger partial charge is 0.357 e. The monoisotopic (exact) mass is 471 g/mol. The number of esters is 1. The quantitative estimate of drug-likeness (QED) is 0.445. The first kappa shape index (κ1) is 23.6. The van der Waals surface area contributed by atoms with Crippen LogP contribution in [0.1, 0.15) is 23.0 Å². The number of rotatable bonds is 9. The van der Waals surface area contributed by atoms with E-state index in [-0.39, 0.29) is 30.1 Å². The lowest BCUT2D eigenvalue weighted by molar-refractivity contribution is -0.119. The Morgan fingerprint density at radius 1 is 1.39 bits per heavy atom. The van der Waals surface area contributed by atoms with Crippen LogP contribution in [0, 0.1) is 11.6 Å². The molecule has 1 atom stereocenters. The number of hydrogen-bond donors (Lipinski definition) is 1. The van der Waals surface area contributed by atoms with Crippen LogP contribution in [0.5, 0.6) is 0 Å². The van der Waals surface area contributed by atoms with E-state index in [0.717, 1.165) is 6.07 Å². The number of hydrogen-bond acceptors (Lipinski definition) is 8. The SMILES string of the molecule is CCOC(=O)c1csc(SCC(=O)NCC2CN(Cc3ccc(F)c(F)c3)CCO2)n1. The van der Waals surface area contributed by atoms with Gasteiger partial charge in [0, 0.05) is 31.6 Å². The molecule has 1 N–H and O–H groups in total. The topological polar surface area (TPSA) is 80.8 Å². The van der Waals surface area contributed by atoms with Crippen molar-refractivity contribution >= 4 is 35.0 Å². The Bertz CT molecular complexity index is 912. The van der Waals surface area contributed by atoms with Crippen LogP contribution in [0.25, 0.3) is 0 Å². The lowest BCUT2D eigenvalue weighted by atomic mass is 10.1. The number of ether oxygens (including phenoxy) is 2.